The molecule has 0 atom stereocenters. The fourth-order valence-electron chi connectivity index (χ4n) is 5.70. The number of sulfone groups is 1. The Morgan fingerprint density at radius 1 is 0.889 bits per heavy atom. The minimum Gasteiger partial charge on any atom is -0.354 e. The van der Waals surface area contributed by atoms with Crippen LogP contribution in [-0.4, -0.2) is 68.3 Å². The van der Waals surface area contributed by atoms with Crippen LogP contribution in [0.15, 0.2) is 72.9 Å². The molecule has 10 nitrogen and oxygen atoms in total. The number of hydrogen-bond donors (Lipinski definition) is 2. The summed E-state index contributed by atoms with van der Waals surface area (Å²) in [5.41, 5.74) is 4.12. The maximum atomic E-state index is 13.8. The first-order valence-corrected chi connectivity index (χ1v) is 17.6. The Morgan fingerprint density at radius 3 is 2.40 bits per heavy atom. The molecule has 230 valence electrons. The van der Waals surface area contributed by atoms with E-state index in [-0.39, 0.29) is 48.4 Å². The Morgan fingerprint density at radius 2 is 1.64 bits per heavy atom. The Balaban J connectivity index is 1.07. The number of hydrogen-bond acceptors (Lipinski definition) is 8. The summed E-state index contributed by atoms with van der Waals surface area (Å²) in [4.78, 5) is 49.5. The van der Waals surface area contributed by atoms with Gasteiger partial charge in [-0.15, -0.1) is 11.3 Å². The molecule has 3 aliphatic rings. The number of pyridine rings is 1. The van der Waals surface area contributed by atoms with Crippen molar-refractivity contribution in [3.8, 4) is 10.4 Å². The molecule has 1 aliphatic carbocycles. The predicted molar refractivity (Wildman–Crippen MR) is 175 cm³/mol. The summed E-state index contributed by atoms with van der Waals surface area (Å²) < 4.78 is 23.8. The van der Waals surface area contributed by atoms with E-state index in [0.29, 0.717) is 40.5 Å². The van der Waals surface area contributed by atoms with Gasteiger partial charge in [-0.3, -0.25) is 14.4 Å². The number of para-hydroxylation sites is 1. The Bertz CT molecular complexity index is 1900. The van der Waals surface area contributed by atoms with Crippen LogP contribution in [0.3, 0.4) is 0 Å². The van der Waals surface area contributed by atoms with Crippen LogP contribution in [-0.2, 0) is 16.3 Å². The van der Waals surface area contributed by atoms with Gasteiger partial charge in [-0.25, -0.2) is 13.4 Å². The number of nitrogens with zero attached hydrogens (tertiary/aromatic N) is 3. The van der Waals surface area contributed by atoms with Crippen LogP contribution in [0.2, 0.25) is 0 Å². The van der Waals surface area contributed by atoms with Crippen molar-refractivity contribution < 1.29 is 22.8 Å². The van der Waals surface area contributed by atoms with Gasteiger partial charge in [0, 0.05) is 53.6 Å². The van der Waals surface area contributed by atoms with Gasteiger partial charge >= 0.3 is 0 Å². The minimum absolute atomic E-state index is 0.0222. The number of carbonyl (C=O) groups excluding carboxylic acids is 3. The molecule has 2 N–H and O–H groups in total. The summed E-state index contributed by atoms with van der Waals surface area (Å²) in [6.07, 6.45) is 4.27. The number of amides is 3. The fourth-order valence-corrected chi connectivity index (χ4v) is 8.05. The monoisotopic (exact) mass is 641 g/mol. The highest BCUT2D eigenvalue weighted by molar-refractivity contribution is 7.91. The summed E-state index contributed by atoms with van der Waals surface area (Å²) in [7, 11) is -3.08. The molecular formula is C33H31N5O5S2. The van der Waals surface area contributed by atoms with E-state index in [1.165, 1.54) is 11.3 Å². The van der Waals surface area contributed by atoms with E-state index in [9.17, 15) is 22.8 Å². The average Bonchev–Trinajstić information content (AvgIpc) is 3.79. The first-order valence-electron chi connectivity index (χ1n) is 14.9. The highest BCUT2D eigenvalue weighted by atomic mass is 32.2. The molecule has 0 bridgehead atoms. The number of nitrogens with one attached hydrogen (secondary N) is 2. The Kier molecular flexibility index (Phi) is 7.62. The van der Waals surface area contributed by atoms with Crippen LogP contribution in [0, 0.1) is 0 Å². The summed E-state index contributed by atoms with van der Waals surface area (Å²) >= 11 is 1.47. The zero-order valence-electron chi connectivity index (χ0n) is 24.4. The van der Waals surface area contributed by atoms with Crippen LogP contribution >= 0.6 is 11.3 Å². The number of fused-ring (bicyclic) bond motifs is 3. The van der Waals surface area contributed by atoms with Crippen molar-refractivity contribution >= 4 is 56.1 Å². The molecule has 4 aromatic rings. The lowest BCUT2D eigenvalue weighted by Gasteiger charge is -2.29. The molecule has 2 aliphatic heterocycles. The quantitative estimate of drug-likeness (QED) is 0.320. The van der Waals surface area contributed by atoms with Crippen LogP contribution in [0.25, 0.3) is 10.4 Å². The molecule has 1 saturated heterocycles. The third-order valence-electron chi connectivity index (χ3n) is 8.30. The standard InChI is InChI=1S/C33H31N5O5S2/c39-31(26-5-3-14-34-30(26)37-16-18-45(42,43)19-17-37)35-23-9-7-21(8-10-23)33(41)38-15-13-22-20-28(32(40)36-24-11-12-24)44-29(22)25-4-1-2-6-27(25)38/h1-10,14,20,24H,11-13,15-19H2,(H,35,39)(H,36,40). The van der Waals surface area contributed by atoms with Crippen molar-refractivity contribution in [2.24, 2.45) is 0 Å². The predicted octanol–water partition coefficient (Wildman–Crippen LogP) is 4.39. The number of carbonyl (C=O) groups is 3. The number of thiophene rings is 1. The van der Waals surface area contributed by atoms with Crippen molar-refractivity contribution in [3.63, 3.8) is 0 Å². The van der Waals surface area contributed by atoms with Crippen LogP contribution in [0.4, 0.5) is 17.2 Å². The number of benzene rings is 2. The second kappa shape index (κ2) is 11.8. The molecule has 3 amide bonds. The van der Waals surface area contributed by atoms with Gasteiger partial charge in [0.05, 0.1) is 27.6 Å². The van der Waals surface area contributed by atoms with Crippen molar-refractivity contribution in [2.45, 2.75) is 25.3 Å². The zero-order valence-corrected chi connectivity index (χ0v) is 26.0. The highest BCUT2D eigenvalue weighted by Crippen LogP contribution is 2.42. The van der Waals surface area contributed by atoms with E-state index in [0.717, 1.165) is 34.5 Å². The SMILES string of the molecule is O=C(NC1CC1)c1cc2c(s1)-c1ccccc1N(C(=O)c1ccc(NC(=O)c3cccnc3N3CCS(=O)(=O)CC3)cc1)CC2. The summed E-state index contributed by atoms with van der Waals surface area (Å²) in [6.45, 7) is 1.02. The molecule has 45 heavy (non-hydrogen) atoms. The first-order chi connectivity index (χ1) is 21.8. The van der Waals surface area contributed by atoms with Crippen LogP contribution in [0.5, 0.6) is 0 Å². The molecule has 4 heterocycles. The van der Waals surface area contributed by atoms with E-state index in [1.54, 1.807) is 47.5 Å². The van der Waals surface area contributed by atoms with E-state index >= 15 is 0 Å². The van der Waals surface area contributed by atoms with Gasteiger partial charge in [-0.1, -0.05) is 18.2 Å². The van der Waals surface area contributed by atoms with Gasteiger partial charge in [0.15, 0.2) is 9.84 Å². The molecule has 7 rings (SSSR count). The maximum absolute atomic E-state index is 13.8. The van der Waals surface area contributed by atoms with E-state index in [4.69, 9.17) is 0 Å². The number of aromatic nitrogens is 1. The lowest BCUT2D eigenvalue weighted by Crippen LogP contribution is -2.41. The van der Waals surface area contributed by atoms with Gasteiger partial charge in [0.1, 0.15) is 5.82 Å². The van der Waals surface area contributed by atoms with Crippen molar-refractivity contribution in [3.05, 3.63) is 94.5 Å². The van der Waals surface area contributed by atoms with Gasteiger partial charge in [0.2, 0.25) is 0 Å². The minimum atomic E-state index is -3.08. The summed E-state index contributed by atoms with van der Waals surface area (Å²) in [6, 6.07) is 20.1. The average molecular weight is 642 g/mol. The van der Waals surface area contributed by atoms with E-state index < -0.39 is 9.84 Å². The normalized spacial score (nSPS) is 17.1. The lowest BCUT2D eigenvalue weighted by molar-refractivity contribution is 0.0952. The van der Waals surface area contributed by atoms with Gasteiger partial charge in [0.25, 0.3) is 17.7 Å². The van der Waals surface area contributed by atoms with Crippen LogP contribution in [0.1, 0.15) is 48.8 Å². The van der Waals surface area contributed by atoms with Gasteiger partial charge in [-0.2, -0.15) is 0 Å². The smallest absolute Gasteiger partial charge is 0.261 e. The Hall–Kier alpha value is -4.55. The largest absolute Gasteiger partial charge is 0.354 e. The molecule has 12 heteroatoms. The number of rotatable bonds is 6. The van der Waals surface area contributed by atoms with E-state index in [1.807, 2.05) is 35.2 Å². The summed E-state index contributed by atoms with van der Waals surface area (Å²) in [5.74, 6) is -0.0706. The molecule has 0 radical (unpaired) electrons. The van der Waals surface area contributed by atoms with Crippen molar-refractivity contribution in [1.29, 1.82) is 0 Å². The lowest BCUT2D eigenvalue weighted by atomic mass is 10.1. The second-order valence-corrected chi connectivity index (χ2v) is 14.8. The molecule has 0 spiro atoms. The molecule has 0 unspecified atom stereocenters. The molecule has 1 saturated carbocycles. The van der Waals surface area contributed by atoms with Crippen molar-refractivity contribution in [2.75, 3.05) is 46.3 Å². The third kappa shape index (κ3) is 6.07. The fraction of sp³-hybridized carbons (Fsp3) is 0.273. The van der Waals surface area contributed by atoms with E-state index in [2.05, 4.69) is 15.6 Å². The van der Waals surface area contributed by atoms with Gasteiger partial charge < -0.3 is 20.4 Å². The highest BCUT2D eigenvalue weighted by Gasteiger charge is 2.30. The van der Waals surface area contributed by atoms with Crippen molar-refractivity contribution in [1.82, 2.24) is 10.3 Å². The molecule has 2 fully saturated rings. The zero-order chi connectivity index (χ0) is 31.1. The van der Waals surface area contributed by atoms with Crippen LogP contribution < -0.4 is 20.4 Å². The second-order valence-electron chi connectivity index (χ2n) is 11.5. The Labute approximate surface area is 265 Å². The molecule has 2 aromatic carbocycles. The maximum Gasteiger partial charge on any atom is 0.261 e. The summed E-state index contributed by atoms with van der Waals surface area (Å²) in [5, 5.41) is 5.95. The third-order valence-corrected chi connectivity index (χ3v) is 11.1. The van der Waals surface area contributed by atoms with Gasteiger partial charge in [-0.05, 0) is 73.4 Å². The molecule has 2 aromatic heterocycles. The molecular weight excluding hydrogens is 611 g/mol. The first kappa shape index (κ1) is 29.2. The topological polar surface area (TPSA) is 129 Å². The number of anilines is 3.